The predicted molar refractivity (Wildman–Crippen MR) is 75.4 cm³/mol. The minimum absolute atomic E-state index is 0.00101. The molecule has 0 spiro atoms. The summed E-state index contributed by atoms with van der Waals surface area (Å²) in [5.74, 6) is 0.00101. The summed E-state index contributed by atoms with van der Waals surface area (Å²) < 4.78 is 0. The maximum atomic E-state index is 11.4. The van der Waals surface area contributed by atoms with E-state index in [1.54, 1.807) is 0 Å². The second kappa shape index (κ2) is 4.53. The number of nitrogens with two attached hydrogens (primary N) is 1. The molecule has 0 aromatic heterocycles. The number of nitrogen functional groups attached to an aromatic ring is 1. The number of anilines is 2. The van der Waals surface area contributed by atoms with E-state index in [4.69, 9.17) is 5.73 Å². The number of benzene rings is 1. The van der Waals surface area contributed by atoms with E-state index in [-0.39, 0.29) is 11.9 Å². The standard InChI is InChI=1S/C15H20N2O2/c1-9(18)14-5-4-12(8-15(14)16)17-10-2-3-11(17)7-13(19)6-10/h4-5,8,10-11,13,19H,2-3,6-7,16H2,1H3. The van der Waals surface area contributed by atoms with Gasteiger partial charge in [-0.3, -0.25) is 4.79 Å². The topological polar surface area (TPSA) is 66.6 Å². The van der Waals surface area contributed by atoms with Gasteiger partial charge in [-0.1, -0.05) is 0 Å². The van der Waals surface area contributed by atoms with Crippen molar-refractivity contribution < 1.29 is 9.90 Å². The first-order valence-corrected chi connectivity index (χ1v) is 6.93. The smallest absolute Gasteiger partial charge is 0.161 e. The summed E-state index contributed by atoms with van der Waals surface area (Å²) in [7, 11) is 0. The summed E-state index contributed by atoms with van der Waals surface area (Å²) in [6.07, 6.45) is 3.78. The number of aliphatic hydroxyl groups excluding tert-OH is 1. The van der Waals surface area contributed by atoms with Gasteiger partial charge in [-0.15, -0.1) is 0 Å². The quantitative estimate of drug-likeness (QED) is 0.630. The molecular weight excluding hydrogens is 240 g/mol. The molecule has 4 nitrogen and oxygen atoms in total. The Morgan fingerprint density at radius 2 is 1.95 bits per heavy atom. The first-order chi connectivity index (χ1) is 9.06. The van der Waals surface area contributed by atoms with Crippen LogP contribution >= 0.6 is 0 Å². The second-order valence-corrected chi connectivity index (χ2v) is 5.75. The van der Waals surface area contributed by atoms with Crippen LogP contribution < -0.4 is 10.6 Å². The summed E-state index contributed by atoms with van der Waals surface area (Å²) in [4.78, 5) is 13.8. The number of hydrogen-bond donors (Lipinski definition) is 2. The van der Waals surface area contributed by atoms with Gasteiger partial charge in [0.2, 0.25) is 0 Å². The van der Waals surface area contributed by atoms with Crippen LogP contribution in [0.5, 0.6) is 0 Å². The van der Waals surface area contributed by atoms with E-state index in [1.807, 2.05) is 18.2 Å². The third-order valence-corrected chi connectivity index (χ3v) is 4.42. The fraction of sp³-hybridized carbons (Fsp3) is 0.533. The van der Waals surface area contributed by atoms with Crippen molar-refractivity contribution in [1.82, 2.24) is 0 Å². The third kappa shape index (κ3) is 2.10. The van der Waals surface area contributed by atoms with Crippen molar-refractivity contribution in [2.24, 2.45) is 0 Å². The van der Waals surface area contributed by atoms with Crippen LogP contribution in [0.4, 0.5) is 11.4 Å². The highest BCUT2D eigenvalue weighted by molar-refractivity contribution is 5.99. The second-order valence-electron chi connectivity index (χ2n) is 5.75. The number of nitrogens with zero attached hydrogens (tertiary/aromatic N) is 1. The molecule has 0 radical (unpaired) electrons. The van der Waals surface area contributed by atoms with Crippen LogP contribution in [0.2, 0.25) is 0 Å². The molecule has 2 fully saturated rings. The van der Waals surface area contributed by atoms with Gasteiger partial charge in [0.05, 0.1) is 6.10 Å². The van der Waals surface area contributed by atoms with Crippen molar-refractivity contribution in [2.75, 3.05) is 10.6 Å². The number of carbonyl (C=O) groups is 1. The molecular formula is C15H20N2O2. The lowest BCUT2D eigenvalue weighted by atomic mass is 9.98. The summed E-state index contributed by atoms with van der Waals surface area (Å²) in [5.41, 5.74) is 8.20. The van der Waals surface area contributed by atoms with Gasteiger partial charge >= 0.3 is 0 Å². The van der Waals surface area contributed by atoms with Gasteiger partial charge in [-0.25, -0.2) is 0 Å². The molecule has 2 bridgehead atoms. The zero-order chi connectivity index (χ0) is 13.6. The number of carbonyl (C=O) groups excluding carboxylic acids is 1. The molecule has 2 aliphatic rings. The first-order valence-electron chi connectivity index (χ1n) is 6.93. The van der Waals surface area contributed by atoms with Crippen LogP contribution in [0.25, 0.3) is 0 Å². The van der Waals surface area contributed by atoms with E-state index in [2.05, 4.69) is 4.90 Å². The van der Waals surface area contributed by atoms with Crippen molar-refractivity contribution in [3.63, 3.8) is 0 Å². The van der Waals surface area contributed by atoms with Crippen LogP contribution in [-0.2, 0) is 0 Å². The molecule has 19 heavy (non-hydrogen) atoms. The van der Waals surface area contributed by atoms with Crippen molar-refractivity contribution in [3.8, 4) is 0 Å². The van der Waals surface area contributed by atoms with Gasteiger partial charge in [-0.2, -0.15) is 0 Å². The Kier molecular flexibility index (Phi) is 2.97. The van der Waals surface area contributed by atoms with E-state index in [0.29, 0.717) is 23.3 Å². The monoisotopic (exact) mass is 260 g/mol. The van der Waals surface area contributed by atoms with E-state index < -0.39 is 0 Å². The first kappa shape index (κ1) is 12.5. The normalized spacial score (nSPS) is 29.6. The minimum Gasteiger partial charge on any atom is -0.398 e. The Morgan fingerprint density at radius 1 is 1.32 bits per heavy atom. The molecule has 1 aromatic rings. The molecule has 1 aromatic carbocycles. The Hall–Kier alpha value is -1.55. The van der Waals surface area contributed by atoms with Crippen molar-refractivity contribution in [2.45, 2.75) is 50.8 Å². The molecule has 0 aliphatic carbocycles. The fourth-order valence-electron chi connectivity index (χ4n) is 3.60. The SMILES string of the molecule is CC(=O)c1ccc(N2C3CCC2CC(O)C3)cc1N. The lowest BCUT2D eigenvalue weighted by Gasteiger charge is -2.39. The number of ketones is 1. The molecule has 0 amide bonds. The van der Waals surface area contributed by atoms with Crippen molar-refractivity contribution >= 4 is 17.2 Å². The number of piperidine rings is 1. The summed E-state index contributed by atoms with van der Waals surface area (Å²) in [5, 5.41) is 9.83. The molecule has 2 aliphatic heterocycles. The number of rotatable bonds is 2. The van der Waals surface area contributed by atoms with Crippen molar-refractivity contribution in [1.29, 1.82) is 0 Å². The third-order valence-electron chi connectivity index (χ3n) is 4.42. The molecule has 3 rings (SSSR count). The fourth-order valence-corrected chi connectivity index (χ4v) is 3.60. The number of Topliss-reactive ketones (excluding diaryl/α,β-unsaturated/α-hetero) is 1. The maximum absolute atomic E-state index is 11.4. The van der Waals surface area contributed by atoms with Gasteiger partial charge < -0.3 is 15.7 Å². The average molecular weight is 260 g/mol. The van der Waals surface area contributed by atoms with Gasteiger partial charge in [0.1, 0.15) is 0 Å². The maximum Gasteiger partial charge on any atom is 0.161 e. The minimum atomic E-state index is -0.164. The largest absolute Gasteiger partial charge is 0.398 e. The highest BCUT2D eigenvalue weighted by Gasteiger charge is 2.40. The van der Waals surface area contributed by atoms with E-state index in [0.717, 1.165) is 31.4 Å². The molecule has 102 valence electrons. The number of aliphatic hydroxyl groups is 1. The number of hydrogen-bond acceptors (Lipinski definition) is 4. The van der Waals surface area contributed by atoms with Gasteiger partial charge in [-0.05, 0) is 50.8 Å². The van der Waals surface area contributed by atoms with E-state index >= 15 is 0 Å². The molecule has 3 N–H and O–H groups in total. The Bertz CT molecular complexity index is 501. The Labute approximate surface area is 113 Å². The highest BCUT2D eigenvalue weighted by Crippen LogP contribution is 2.40. The van der Waals surface area contributed by atoms with Gasteiger partial charge in [0, 0.05) is 29.0 Å². The molecule has 2 saturated heterocycles. The van der Waals surface area contributed by atoms with Crippen LogP contribution in [0.3, 0.4) is 0 Å². The summed E-state index contributed by atoms with van der Waals surface area (Å²) in [6, 6.07) is 6.53. The zero-order valence-corrected chi connectivity index (χ0v) is 11.2. The Balaban J connectivity index is 1.91. The van der Waals surface area contributed by atoms with Crippen LogP contribution in [-0.4, -0.2) is 29.1 Å². The van der Waals surface area contributed by atoms with Crippen LogP contribution in [0.1, 0.15) is 43.0 Å². The van der Waals surface area contributed by atoms with Crippen LogP contribution in [0.15, 0.2) is 18.2 Å². The molecule has 2 atom stereocenters. The van der Waals surface area contributed by atoms with E-state index in [1.165, 1.54) is 6.92 Å². The zero-order valence-electron chi connectivity index (χ0n) is 11.2. The summed E-state index contributed by atoms with van der Waals surface area (Å²) in [6.45, 7) is 1.53. The Morgan fingerprint density at radius 3 is 2.47 bits per heavy atom. The van der Waals surface area contributed by atoms with Crippen LogP contribution in [0, 0.1) is 0 Å². The predicted octanol–water partition coefficient (Wildman–Crippen LogP) is 1.96. The van der Waals surface area contributed by atoms with Gasteiger partial charge in [0.25, 0.3) is 0 Å². The molecule has 2 heterocycles. The lowest BCUT2D eigenvalue weighted by Crippen LogP contribution is -2.44. The van der Waals surface area contributed by atoms with Gasteiger partial charge in [0.15, 0.2) is 5.78 Å². The number of fused-ring (bicyclic) bond motifs is 2. The average Bonchev–Trinajstić information content (AvgIpc) is 2.61. The van der Waals surface area contributed by atoms with E-state index in [9.17, 15) is 9.90 Å². The molecule has 2 unspecified atom stereocenters. The molecule has 4 heteroatoms. The molecule has 0 saturated carbocycles. The summed E-state index contributed by atoms with van der Waals surface area (Å²) >= 11 is 0. The van der Waals surface area contributed by atoms with Crippen molar-refractivity contribution in [3.05, 3.63) is 23.8 Å². The highest BCUT2D eigenvalue weighted by atomic mass is 16.3. The lowest BCUT2D eigenvalue weighted by molar-refractivity contribution is 0.101.